The summed E-state index contributed by atoms with van der Waals surface area (Å²) in [5.41, 5.74) is -0.527. The molecule has 17 heavy (non-hydrogen) atoms. The lowest BCUT2D eigenvalue weighted by Crippen LogP contribution is -2.36. The highest BCUT2D eigenvalue weighted by molar-refractivity contribution is 5.80. The van der Waals surface area contributed by atoms with Crippen LogP contribution in [0.5, 0.6) is 0 Å². The van der Waals surface area contributed by atoms with Crippen LogP contribution >= 0.6 is 0 Å². The largest absolute Gasteiger partial charge is 0.372 e. The van der Waals surface area contributed by atoms with Crippen LogP contribution < -0.4 is 11.1 Å². The summed E-state index contributed by atoms with van der Waals surface area (Å²) in [5, 5.41) is 10.6. The van der Waals surface area contributed by atoms with Crippen molar-refractivity contribution in [3.8, 4) is 0 Å². The van der Waals surface area contributed by atoms with Gasteiger partial charge in [0.05, 0.1) is 16.8 Å². The maximum Gasteiger partial charge on any atom is 0.275 e. The average molecular weight is 232 g/mol. The summed E-state index contributed by atoms with van der Waals surface area (Å²) in [6.07, 6.45) is -0.513. The molecule has 3 rings (SSSR count). The van der Waals surface area contributed by atoms with Gasteiger partial charge in [0.25, 0.3) is 11.1 Å². The van der Waals surface area contributed by atoms with Crippen molar-refractivity contribution >= 4 is 10.8 Å². The Labute approximate surface area is 96.5 Å². The molecule has 2 atom stereocenters. The van der Waals surface area contributed by atoms with E-state index < -0.39 is 6.23 Å². The van der Waals surface area contributed by atoms with Gasteiger partial charge >= 0.3 is 0 Å². The first kappa shape index (κ1) is 10.3. The SMILES string of the molecule is CC1CC(O)n2c(=O)c3ccccc3c(=O)n21. The first-order valence-corrected chi connectivity index (χ1v) is 5.55. The van der Waals surface area contributed by atoms with Crippen LogP contribution in [0, 0.1) is 0 Å². The van der Waals surface area contributed by atoms with E-state index >= 15 is 0 Å². The first-order valence-electron chi connectivity index (χ1n) is 5.55. The minimum atomic E-state index is -0.908. The van der Waals surface area contributed by atoms with E-state index in [-0.39, 0.29) is 17.2 Å². The second-order valence-electron chi connectivity index (χ2n) is 4.41. The van der Waals surface area contributed by atoms with Gasteiger partial charge in [-0.15, -0.1) is 0 Å². The van der Waals surface area contributed by atoms with Crippen LogP contribution in [0.15, 0.2) is 33.9 Å². The molecule has 1 N–H and O–H groups in total. The smallest absolute Gasteiger partial charge is 0.275 e. The van der Waals surface area contributed by atoms with Crippen LogP contribution in [0.4, 0.5) is 0 Å². The lowest BCUT2D eigenvalue weighted by atomic mass is 10.2. The number of rotatable bonds is 0. The third-order valence-electron chi connectivity index (χ3n) is 3.29. The zero-order chi connectivity index (χ0) is 12.2. The Morgan fingerprint density at radius 2 is 1.65 bits per heavy atom. The fraction of sp³-hybridized carbons (Fsp3) is 0.333. The quantitative estimate of drug-likeness (QED) is 0.724. The number of hydrogen-bond donors (Lipinski definition) is 1. The summed E-state index contributed by atoms with van der Waals surface area (Å²) in [6.45, 7) is 1.82. The molecular formula is C12H12N2O3. The first-order chi connectivity index (χ1) is 8.11. The molecule has 2 aromatic rings. The van der Waals surface area contributed by atoms with Crippen molar-refractivity contribution in [3.63, 3.8) is 0 Å². The van der Waals surface area contributed by atoms with E-state index in [1.54, 1.807) is 24.3 Å². The minimum absolute atomic E-state index is 0.158. The molecule has 0 fully saturated rings. The van der Waals surface area contributed by atoms with Crippen molar-refractivity contribution in [2.24, 2.45) is 0 Å². The van der Waals surface area contributed by atoms with E-state index in [1.165, 1.54) is 4.68 Å². The number of fused-ring (bicyclic) bond motifs is 2. The maximum atomic E-state index is 12.2. The molecule has 0 amide bonds. The summed E-state index contributed by atoms with van der Waals surface area (Å²) in [6, 6.07) is 6.55. The summed E-state index contributed by atoms with van der Waals surface area (Å²) >= 11 is 0. The molecule has 1 aliphatic rings. The zero-order valence-electron chi connectivity index (χ0n) is 9.33. The van der Waals surface area contributed by atoms with Gasteiger partial charge < -0.3 is 5.11 Å². The van der Waals surface area contributed by atoms with Gasteiger partial charge in [0.15, 0.2) is 6.23 Å². The molecular weight excluding hydrogens is 220 g/mol. The number of benzene rings is 1. The highest BCUT2D eigenvalue weighted by Gasteiger charge is 2.29. The summed E-state index contributed by atoms with van der Waals surface area (Å²) in [5.74, 6) is 0. The normalized spacial score (nSPS) is 22.9. The molecule has 0 aliphatic carbocycles. The minimum Gasteiger partial charge on any atom is -0.372 e. The Morgan fingerprint density at radius 1 is 1.12 bits per heavy atom. The topological polar surface area (TPSA) is 64.2 Å². The van der Waals surface area contributed by atoms with E-state index in [0.717, 1.165) is 4.68 Å². The highest BCUT2D eigenvalue weighted by atomic mass is 16.3. The number of aliphatic hydroxyl groups excluding tert-OH is 1. The molecule has 5 heteroatoms. The second-order valence-corrected chi connectivity index (χ2v) is 4.41. The van der Waals surface area contributed by atoms with Crippen molar-refractivity contribution < 1.29 is 5.11 Å². The van der Waals surface area contributed by atoms with Crippen molar-refractivity contribution in [1.82, 2.24) is 9.36 Å². The molecule has 0 saturated heterocycles. The average Bonchev–Trinajstić information content (AvgIpc) is 2.62. The molecule has 2 unspecified atom stereocenters. The predicted octanol–water partition coefficient (Wildman–Crippen LogP) is 0.619. The lowest BCUT2D eigenvalue weighted by Gasteiger charge is -2.11. The molecule has 1 aromatic heterocycles. The molecule has 1 aromatic carbocycles. The van der Waals surface area contributed by atoms with Gasteiger partial charge in [-0.05, 0) is 19.1 Å². The molecule has 0 radical (unpaired) electrons. The van der Waals surface area contributed by atoms with E-state index in [0.29, 0.717) is 17.2 Å². The van der Waals surface area contributed by atoms with Gasteiger partial charge in [-0.2, -0.15) is 0 Å². The van der Waals surface area contributed by atoms with Gasteiger partial charge in [-0.1, -0.05) is 12.1 Å². The monoisotopic (exact) mass is 232 g/mol. The Balaban J connectivity index is 2.58. The zero-order valence-corrected chi connectivity index (χ0v) is 9.33. The van der Waals surface area contributed by atoms with Crippen molar-refractivity contribution in [3.05, 3.63) is 45.0 Å². The van der Waals surface area contributed by atoms with Gasteiger partial charge in [0.1, 0.15) is 0 Å². The predicted molar refractivity (Wildman–Crippen MR) is 63.1 cm³/mol. The fourth-order valence-corrected chi connectivity index (χ4v) is 2.49. The standard InChI is InChI=1S/C12H12N2O3/c1-7-6-10(15)14-12(17)9-5-3-2-4-8(9)11(16)13(7)14/h2-5,7,10,15H,6H2,1H3. The van der Waals surface area contributed by atoms with Crippen LogP contribution in [-0.2, 0) is 0 Å². The molecule has 5 nitrogen and oxygen atoms in total. The number of hydrogen-bond acceptors (Lipinski definition) is 3. The molecule has 88 valence electrons. The van der Waals surface area contributed by atoms with E-state index in [2.05, 4.69) is 0 Å². The summed E-state index contributed by atoms with van der Waals surface area (Å²) in [7, 11) is 0. The van der Waals surface area contributed by atoms with E-state index in [1.807, 2.05) is 6.92 Å². The van der Waals surface area contributed by atoms with Crippen LogP contribution in [0.25, 0.3) is 10.8 Å². The summed E-state index contributed by atoms with van der Waals surface area (Å²) < 4.78 is 2.52. The van der Waals surface area contributed by atoms with Gasteiger partial charge in [-0.25, -0.2) is 9.36 Å². The number of nitrogens with zero attached hydrogens (tertiary/aromatic N) is 2. The van der Waals surface area contributed by atoms with E-state index in [4.69, 9.17) is 0 Å². The molecule has 0 saturated carbocycles. The third kappa shape index (κ3) is 1.23. The molecule has 1 aliphatic heterocycles. The van der Waals surface area contributed by atoms with Crippen LogP contribution in [0.3, 0.4) is 0 Å². The lowest BCUT2D eigenvalue weighted by molar-refractivity contribution is 0.101. The molecule has 2 heterocycles. The van der Waals surface area contributed by atoms with Crippen LogP contribution in [-0.4, -0.2) is 14.5 Å². The van der Waals surface area contributed by atoms with Crippen molar-refractivity contribution in [2.75, 3.05) is 0 Å². The second kappa shape index (κ2) is 3.30. The molecule has 0 spiro atoms. The van der Waals surface area contributed by atoms with E-state index in [9.17, 15) is 14.7 Å². The Kier molecular flexibility index (Phi) is 2.00. The Bertz CT molecular complexity index is 653. The summed E-state index contributed by atoms with van der Waals surface area (Å²) in [4.78, 5) is 24.4. The van der Waals surface area contributed by atoms with Crippen molar-refractivity contribution in [1.29, 1.82) is 0 Å². The maximum absolute atomic E-state index is 12.2. The van der Waals surface area contributed by atoms with Gasteiger partial charge in [-0.3, -0.25) is 9.59 Å². The van der Waals surface area contributed by atoms with Crippen molar-refractivity contribution in [2.45, 2.75) is 25.6 Å². The number of aliphatic hydroxyl groups is 1. The van der Waals surface area contributed by atoms with Gasteiger partial charge in [0.2, 0.25) is 0 Å². The third-order valence-corrected chi connectivity index (χ3v) is 3.29. The fourth-order valence-electron chi connectivity index (χ4n) is 2.49. The molecule has 0 bridgehead atoms. The Morgan fingerprint density at radius 3 is 2.24 bits per heavy atom. The highest BCUT2D eigenvalue weighted by Crippen LogP contribution is 2.24. The van der Waals surface area contributed by atoms with Crippen LogP contribution in [0.1, 0.15) is 25.6 Å². The van der Waals surface area contributed by atoms with Crippen LogP contribution in [0.2, 0.25) is 0 Å². The van der Waals surface area contributed by atoms with Gasteiger partial charge in [0, 0.05) is 6.42 Å². The Hall–Kier alpha value is -1.88. The number of aromatic nitrogens is 2.